The Hall–Kier alpha value is -2.17. The number of ether oxygens (including phenoxy) is 1. The van der Waals surface area contributed by atoms with Crippen LogP contribution in [0, 0.1) is 0 Å². The predicted octanol–water partition coefficient (Wildman–Crippen LogP) is 2.40. The van der Waals surface area contributed by atoms with Gasteiger partial charge < -0.3 is 4.74 Å². The van der Waals surface area contributed by atoms with Gasteiger partial charge in [0.1, 0.15) is 18.7 Å². The van der Waals surface area contributed by atoms with Gasteiger partial charge in [0.15, 0.2) is 11.6 Å². The molecule has 0 radical (unpaired) electrons. The third-order valence-electron chi connectivity index (χ3n) is 3.59. The molecule has 0 fully saturated rings. The fourth-order valence-corrected chi connectivity index (χ4v) is 2.52. The third kappa shape index (κ3) is 2.43. The highest BCUT2D eigenvalue weighted by molar-refractivity contribution is 5.98. The summed E-state index contributed by atoms with van der Waals surface area (Å²) in [6.07, 6.45) is 4.07. The number of hydrogen-bond acceptors (Lipinski definition) is 4. The molecule has 0 unspecified atom stereocenters. The molecule has 0 saturated carbocycles. The lowest BCUT2D eigenvalue weighted by Gasteiger charge is -2.15. The molecule has 0 amide bonds. The van der Waals surface area contributed by atoms with Crippen molar-refractivity contribution in [3.8, 4) is 5.75 Å². The molecule has 2 aromatic rings. The van der Waals surface area contributed by atoms with E-state index in [1.54, 1.807) is 0 Å². The highest BCUT2D eigenvalue weighted by atomic mass is 16.5. The highest BCUT2D eigenvalue weighted by Gasteiger charge is 2.17. The number of carbonyl (C=O) groups excluding carboxylic acids is 1. The number of rotatable bonds is 4. The maximum absolute atomic E-state index is 11.8. The molecule has 1 aromatic heterocycles. The zero-order chi connectivity index (χ0) is 13.9. The maximum atomic E-state index is 11.8. The van der Waals surface area contributed by atoms with E-state index in [-0.39, 0.29) is 5.78 Å². The summed E-state index contributed by atoms with van der Waals surface area (Å²) in [5.74, 6) is 1.83. The van der Waals surface area contributed by atoms with Crippen molar-refractivity contribution in [1.82, 2.24) is 14.8 Å². The number of benzene rings is 1. The molecule has 104 valence electrons. The standard InChI is InChI=1S/C15H17N3O2/c1-2-18-15(16-10-17-18)9-20-12-6-7-13-11(8-12)4-3-5-14(13)19/h6-8,10H,2-5,9H2,1H3. The molecule has 5 heteroatoms. The number of nitrogens with zero attached hydrogens (tertiary/aromatic N) is 3. The lowest BCUT2D eigenvalue weighted by atomic mass is 9.91. The van der Waals surface area contributed by atoms with Gasteiger partial charge in [0.05, 0.1) is 0 Å². The second kappa shape index (κ2) is 5.45. The van der Waals surface area contributed by atoms with Gasteiger partial charge in [-0.2, -0.15) is 5.10 Å². The molecule has 0 atom stereocenters. The Bertz CT molecular complexity index is 634. The molecule has 1 aromatic carbocycles. The zero-order valence-electron chi connectivity index (χ0n) is 11.5. The van der Waals surface area contributed by atoms with Gasteiger partial charge in [-0.3, -0.25) is 4.79 Å². The summed E-state index contributed by atoms with van der Waals surface area (Å²) in [5, 5.41) is 4.11. The minimum Gasteiger partial charge on any atom is -0.486 e. The molecule has 0 saturated heterocycles. The Balaban J connectivity index is 1.74. The molecule has 0 aliphatic heterocycles. The van der Waals surface area contributed by atoms with Gasteiger partial charge >= 0.3 is 0 Å². The summed E-state index contributed by atoms with van der Waals surface area (Å²) in [6, 6.07) is 5.70. The minimum atomic E-state index is 0.239. The summed E-state index contributed by atoms with van der Waals surface area (Å²) in [5.41, 5.74) is 1.94. The molecule has 1 aliphatic rings. The first-order valence-corrected chi connectivity index (χ1v) is 6.93. The van der Waals surface area contributed by atoms with Crippen LogP contribution >= 0.6 is 0 Å². The Morgan fingerprint density at radius 1 is 1.35 bits per heavy atom. The molecule has 5 nitrogen and oxygen atoms in total. The number of aryl methyl sites for hydroxylation is 2. The average Bonchev–Trinajstić information content (AvgIpc) is 2.92. The number of aromatic nitrogens is 3. The van der Waals surface area contributed by atoms with Crippen LogP contribution < -0.4 is 4.74 Å². The van der Waals surface area contributed by atoms with E-state index in [2.05, 4.69) is 10.1 Å². The van der Waals surface area contributed by atoms with E-state index in [0.717, 1.165) is 42.1 Å². The first-order chi connectivity index (χ1) is 9.78. The maximum Gasteiger partial charge on any atom is 0.164 e. The van der Waals surface area contributed by atoms with Crippen molar-refractivity contribution in [3.63, 3.8) is 0 Å². The van der Waals surface area contributed by atoms with Crippen molar-refractivity contribution in [2.75, 3.05) is 0 Å². The minimum absolute atomic E-state index is 0.239. The smallest absolute Gasteiger partial charge is 0.164 e. The SMILES string of the molecule is CCn1ncnc1COc1ccc2c(c1)CCCC2=O. The van der Waals surface area contributed by atoms with Gasteiger partial charge in [0, 0.05) is 18.5 Å². The van der Waals surface area contributed by atoms with Crippen molar-refractivity contribution >= 4 is 5.78 Å². The van der Waals surface area contributed by atoms with Crippen LogP contribution in [0.3, 0.4) is 0 Å². The van der Waals surface area contributed by atoms with Crippen molar-refractivity contribution in [2.24, 2.45) is 0 Å². The summed E-state index contributed by atoms with van der Waals surface area (Å²) >= 11 is 0. The molecular weight excluding hydrogens is 254 g/mol. The molecule has 0 bridgehead atoms. The van der Waals surface area contributed by atoms with Gasteiger partial charge in [0.2, 0.25) is 0 Å². The molecule has 3 rings (SSSR count). The van der Waals surface area contributed by atoms with Gasteiger partial charge in [0.25, 0.3) is 0 Å². The third-order valence-corrected chi connectivity index (χ3v) is 3.59. The van der Waals surface area contributed by atoms with Crippen LogP contribution in [0.25, 0.3) is 0 Å². The number of carbonyl (C=O) groups is 1. The fourth-order valence-electron chi connectivity index (χ4n) is 2.52. The summed E-state index contributed by atoms with van der Waals surface area (Å²) in [6.45, 7) is 3.18. The van der Waals surface area contributed by atoms with Crippen molar-refractivity contribution in [1.29, 1.82) is 0 Å². The topological polar surface area (TPSA) is 57.0 Å². The van der Waals surface area contributed by atoms with Crippen LogP contribution in [0.1, 0.15) is 41.5 Å². The first kappa shape index (κ1) is 12.8. The number of Topliss-reactive ketones (excluding diaryl/α,β-unsaturated/α-hetero) is 1. The van der Waals surface area contributed by atoms with Gasteiger partial charge in [-0.25, -0.2) is 9.67 Å². The first-order valence-electron chi connectivity index (χ1n) is 6.93. The van der Waals surface area contributed by atoms with E-state index in [9.17, 15) is 4.79 Å². The van der Waals surface area contributed by atoms with Gasteiger partial charge in [-0.15, -0.1) is 0 Å². The van der Waals surface area contributed by atoms with Crippen molar-refractivity contribution in [3.05, 3.63) is 41.5 Å². The van der Waals surface area contributed by atoms with E-state index >= 15 is 0 Å². The van der Waals surface area contributed by atoms with Crippen LogP contribution in [0.5, 0.6) is 5.75 Å². The van der Waals surface area contributed by atoms with Crippen LogP contribution in [0.2, 0.25) is 0 Å². The number of ketones is 1. The quantitative estimate of drug-likeness (QED) is 0.856. The second-order valence-electron chi connectivity index (χ2n) is 4.88. The van der Waals surface area contributed by atoms with Gasteiger partial charge in [-0.1, -0.05) is 0 Å². The Kier molecular flexibility index (Phi) is 3.50. The van der Waals surface area contributed by atoms with Crippen LogP contribution in [-0.4, -0.2) is 20.5 Å². The Labute approximate surface area is 117 Å². The average molecular weight is 271 g/mol. The zero-order valence-corrected chi connectivity index (χ0v) is 11.5. The Morgan fingerprint density at radius 3 is 3.10 bits per heavy atom. The van der Waals surface area contributed by atoms with E-state index in [1.165, 1.54) is 6.33 Å². The van der Waals surface area contributed by atoms with Crippen LogP contribution in [0.4, 0.5) is 0 Å². The van der Waals surface area contributed by atoms with E-state index in [4.69, 9.17) is 4.74 Å². The van der Waals surface area contributed by atoms with E-state index in [0.29, 0.717) is 13.0 Å². The van der Waals surface area contributed by atoms with E-state index in [1.807, 2.05) is 29.8 Å². The largest absolute Gasteiger partial charge is 0.486 e. The lowest BCUT2D eigenvalue weighted by Crippen LogP contribution is -2.11. The normalized spacial score (nSPS) is 14.2. The monoisotopic (exact) mass is 271 g/mol. The molecule has 0 spiro atoms. The second-order valence-corrected chi connectivity index (χ2v) is 4.88. The molecular formula is C15H17N3O2. The van der Waals surface area contributed by atoms with Crippen LogP contribution in [0.15, 0.2) is 24.5 Å². The van der Waals surface area contributed by atoms with E-state index < -0.39 is 0 Å². The number of fused-ring (bicyclic) bond motifs is 1. The highest BCUT2D eigenvalue weighted by Crippen LogP contribution is 2.25. The predicted molar refractivity (Wildman–Crippen MR) is 73.7 cm³/mol. The van der Waals surface area contributed by atoms with Crippen molar-refractivity contribution in [2.45, 2.75) is 39.3 Å². The summed E-state index contributed by atoms with van der Waals surface area (Å²) in [4.78, 5) is 15.9. The molecule has 1 heterocycles. The summed E-state index contributed by atoms with van der Waals surface area (Å²) < 4.78 is 7.57. The van der Waals surface area contributed by atoms with Crippen LogP contribution in [-0.2, 0) is 19.6 Å². The van der Waals surface area contributed by atoms with Gasteiger partial charge in [-0.05, 0) is 43.5 Å². The fraction of sp³-hybridized carbons (Fsp3) is 0.400. The lowest BCUT2D eigenvalue weighted by molar-refractivity contribution is 0.0972. The molecule has 20 heavy (non-hydrogen) atoms. The Morgan fingerprint density at radius 2 is 2.25 bits per heavy atom. The summed E-state index contributed by atoms with van der Waals surface area (Å²) in [7, 11) is 0. The van der Waals surface area contributed by atoms with Crippen molar-refractivity contribution < 1.29 is 9.53 Å². The molecule has 1 aliphatic carbocycles. The molecule has 0 N–H and O–H groups in total. The number of hydrogen-bond donors (Lipinski definition) is 0.